The monoisotopic (exact) mass is 239 g/mol. The van der Waals surface area contributed by atoms with Gasteiger partial charge in [0.2, 0.25) is 0 Å². The molecular weight excluding hydrogens is 214 g/mol. The molecule has 2 rings (SSSR count). The number of amides is 1. The van der Waals surface area contributed by atoms with Crippen LogP contribution in [-0.2, 0) is 4.74 Å². The molecule has 3 heteroatoms. The third-order valence-corrected chi connectivity index (χ3v) is 4.12. The van der Waals surface area contributed by atoms with Gasteiger partial charge in [-0.05, 0) is 43.4 Å². The Kier molecular flexibility index (Phi) is 3.95. The Labute approximate surface area is 104 Å². The topological polar surface area (TPSA) is 38.3 Å². The Morgan fingerprint density at radius 2 is 1.94 bits per heavy atom. The van der Waals surface area contributed by atoms with Gasteiger partial charge in [0.25, 0.3) is 0 Å². The fraction of sp³-hybridized carbons (Fsp3) is 0.929. The molecule has 0 saturated heterocycles. The van der Waals surface area contributed by atoms with Gasteiger partial charge < -0.3 is 10.1 Å². The lowest BCUT2D eigenvalue weighted by Crippen LogP contribution is -2.39. The molecule has 1 amide bonds. The quantitative estimate of drug-likeness (QED) is 0.820. The molecule has 0 aromatic heterocycles. The van der Waals surface area contributed by atoms with Gasteiger partial charge in [-0.2, -0.15) is 0 Å². The van der Waals surface area contributed by atoms with E-state index in [1.165, 1.54) is 12.8 Å². The summed E-state index contributed by atoms with van der Waals surface area (Å²) in [6.07, 6.45) is 5.65. The third-order valence-electron chi connectivity index (χ3n) is 4.12. The van der Waals surface area contributed by atoms with E-state index in [4.69, 9.17) is 4.74 Å². The molecule has 3 nitrogen and oxygen atoms in total. The molecule has 2 saturated carbocycles. The number of hydrogen-bond donors (Lipinski definition) is 1. The second-order valence-corrected chi connectivity index (χ2v) is 6.19. The normalized spacial score (nSPS) is 33.5. The molecule has 3 atom stereocenters. The van der Waals surface area contributed by atoms with Crippen molar-refractivity contribution in [3.05, 3.63) is 0 Å². The predicted octanol–water partition coefficient (Wildman–Crippen LogP) is 3.34. The average Bonchev–Trinajstić information content (AvgIpc) is 3.00. The first-order valence-electron chi connectivity index (χ1n) is 7.03. The summed E-state index contributed by atoms with van der Waals surface area (Å²) >= 11 is 0. The van der Waals surface area contributed by atoms with Gasteiger partial charge in [-0.3, -0.25) is 0 Å². The maximum absolute atomic E-state index is 11.7. The van der Waals surface area contributed by atoms with Crippen molar-refractivity contribution in [2.45, 2.75) is 65.0 Å². The smallest absolute Gasteiger partial charge is 0.407 e. The van der Waals surface area contributed by atoms with Crippen LogP contribution in [0.15, 0.2) is 0 Å². The second-order valence-electron chi connectivity index (χ2n) is 6.19. The van der Waals surface area contributed by atoms with E-state index in [1.54, 1.807) is 0 Å². The van der Waals surface area contributed by atoms with E-state index in [2.05, 4.69) is 26.1 Å². The predicted molar refractivity (Wildman–Crippen MR) is 67.8 cm³/mol. The zero-order valence-electron chi connectivity index (χ0n) is 11.2. The minimum Gasteiger partial charge on any atom is -0.446 e. The fourth-order valence-corrected chi connectivity index (χ4v) is 2.82. The van der Waals surface area contributed by atoms with Gasteiger partial charge in [0.15, 0.2) is 0 Å². The van der Waals surface area contributed by atoms with Gasteiger partial charge in [0.05, 0.1) is 0 Å². The standard InChI is InChI=1S/C14H25NO2/c1-9(2)12-7-4-10(3)8-13(12)17-14(16)15-11-5-6-11/h9-13H,4-8H2,1-3H3,(H,15,16)/t10-,12+,13+/m1/s1. The molecule has 0 aliphatic heterocycles. The molecule has 17 heavy (non-hydrogen) atoms. The zero-order valence-corrected chi connectivity index (χ0v) is 11.2. The second kappa shape index (κ2) is 5.28. The highest BCUT2D eigenvalue weighted by Gasteiger charge is 2.34. The fourth-order valence-electron chi connectivity index (χ4n) is 2.82. The third kappa shape index (κ3) is 3.62. The van der Waals surface area contributed by atoms with Crippen LogP contribution in [0.1, 0.15) is 52.9 Å². The number of carbonyl (C=O) groups excluding carboxylic acids is 1. The number of carbonyl (C=O) groups is 1. The molecule has 0 unspecified atom stereocenters. The first kappa shape index (κ1) is 12.7. The Morgan fingerprint density at radius 3 is 2.53 bits per heavy atom. The van der Waals surface area contributed by atoms with Crippen molar-refractivity contribution in [3.8, 4) is 0 Å². The van der Waals surface area contributed by atoms with Crippen LogP contribution >= 0.6 is 0 Å². The lowest BCUT2D eigenvalue weighted by atomic mass is 9.75. The van der Waals surface area contributed by atoms with E-state index in [0.717, 1.165) is 19.3 Å². The Bertz CT molecular complexity index is 273. The van der Waals surface area contributed by atoms with Crippen molar-refractivity contribution in [3.63, 3.8) is 0 Å². The lowest BCUT2D eigenvalue weighted by molar-refractivity contribution is 0.00603. The van der Waals surface area contributed by atoms with Crippen LogP contribution in [0, 0.1) is 17.8 Å². The number of ether oxygens (including phenoxy) is 1. The summed E-state index contributed by atoms with van der Waals surface area (Å²) in [5, 5.41) is 2.91. The van der Waals surface area contributed by atoms with E-state index in [0.29, 0.717) is 23.8 Å². The van der Waals surface area contributed by atoms with Crippen LogP contribution in [0.3, 0.4) is 0 Å². The van der Waals surface area contributed by atoms with Crippen LogP contribution in [0.5, 0.6) is 0 Å². The summed E-state index contributed by atoms with van der Waals surface area (Å²) in [6, 6.07) is 0.390. The highest BCUT2D eigenvalue weighted by molar-refractivity contribution is 5.68. The lowest BCUT2D eigenvalue weighted by Gasteiger charge is -2.36. The molecule has 0 radical (unpaired) electrons. The van der Waals surface area contributed by atoms with Crippen molar-refractivity contribution in [1.82, 2.24) is 5.32 Å². The maximum atomic E-state index is 11.7. The summed E-state index contributed by atoms with van der Waals surface area (Å²) in [7, 11) is 0. The first-order valence-corrected chi connectivity index (χ1v) is 7.03. The Balaban J connectivity index is 1.87. The van der Waals surface area contributed by atoms with E-state index < -0.39 is 0 Å². The van der Waals surface area contributed by atoms with Crippen molar-refractivity contribution in [2.75, 3.05) is 0 Å². The van der Waals surface area contributed by atoms with Crippen molar-refractivity contribution >= 4 is 6.09 Å². The Hall–Kier alpha value is -0.730. The van der Waals surface area contributed by atoms with Crippen molar-refractivity contribution in [2.24, 2.45) is 17.8 Å². The SMILES string of the molecule is CC(C)[C@@H]1CC[C@@H](C)C[C@@H]1OC(=O)NC1CC1. The molecular formula is C14H25NO2. The number of alkyl carbamates (subject to hydrolysis) is 1. The number of hydrogen-bond acceptors (Lipinski definition) is 2. The summed E-state index contributed by atoms with van der Waals surface area (Å²) in [4.78, 5) is 11.7. The minimum absolute atomic E-state index is 0.123. The molecule has 0 aromatic carbocycles. The molecule has 0 aromatic rings. The molecule has 2 aliphatic rings. The largest absolute Gasteiger partial charge is 0.446 e. The molecule has 98 valence electrons. The van der Waals surface area contributed by atoms with Gasteiger partial charge in [0, 0.05) is 6.04 Å². The molecule has 1 N–H and O–H groups in total. The summed E-state index contributed by atoms with van der Waals surface area (Å²) < 4.78 is 5.64. The number of nitrogens with one attached hydrogen (secondary N) is 1. The summed E-state index contributed by atoms with van der Waals surface area (Å²) in [5.41, 5.74) is 0. The number of rotatable bonds is 3. The van der Waals surface area contributed by atoms with Gasteiger partial charge in [0.1, 0.15) is 6.10 Å². The molecule has 0 spiro atoms. The molecule has 0 bridgehead atoms. The minimum atomic E-state index is -0.197. The van der Waals surface area contributed by atoms with Gasteiger partial charge in [-0.1, -0.05) is 27.2 Å². The highest BCUT2D eigenvalue weighted by atomic mass is 16.6. The van der Waals surface area contributed by atoms with Crippen LogP contribution < -0.4 is 5.32 Å². The van der Waals surface area contributed by atoms with Crippen molar-refractivity contribution in [1.29, 1.82) is 0 Å². The van der Waals surface area contributed by atoms with E-state index in [9.17, 15) is 4.79 Å². The highest BCUT2D eigenvalue weighted by Crippen LogP contribution is 2.35. The van der Waals surface area contributed by atoms with Gasteiger partial charge >= 0.3 is 6.09 Å². The molecule has 2 fully saturated rings. The van der Waals surface area contributed by atoms with E-state index in [1.807, 2.05) is 0 Å². The molecule has 0 heterocycles. The maximum Gasteiger partial charge on any atom is 0.407 e. The van der Waals surface area contributed by atoms with Gasteiger partial charge in [-0.15, -0.1) is 0 Å². The van der Waals surface area contributed by atoms with E-state index in [-0.39, 0.29) is 12.2 Å². The van der Waals surface area contributed by atoms with Crippen molar-refractivity contribution < 1.29 is 9.53 Å². The zero-order chi connectivity index (χ0) is 12.4. The average molecular weight is 239 g/mol. The van der Waals surface area contributed by atoms with E-state index >= 15 is 0 Å². The molecule has 2 aliphatic carbocycles. The first-order chi connectivity index (χ1) is 8.06. The van der Waals surface area contributed by atoms with Crippen LogP contribution in [0.2, 0.25) is 0 Å². The van der Waals surface area contributed by atoms with Crippen LogP contribution in [-0.4, -0.2) is 18.2 Å². The Morgan fingerprint density at radius 1 is 1.24 bits per heavy atom. The summed E-state index contributed by atoms with van der Waals surface area (Å²) in [6.45, 7) is 6.72. The van der Waals surface area contributed by atoms with Gasteiger partial charge in [-0.25, -0.2) is 4.79 Å². The van der Waals surface area contributed by atoms with Crippen LogP contribution in [0.4, 0.5) is 4.79 Å². The van der Waals surface area contributed by atoms with Crippen LogP contribution in [0.25, 0.3) is 0 Å². The summed E-state index contributed by atoms with van der Waals surface area (Å²) in [5.74, 6) is 1.82.